The van der Waals surface area contributed by atoms with E-state index in [1.807, 2.05) is 21.1 Å². The van der Waals surface area contributed by atoms with Crippen LogP contribution >= 0.6 is 0 Å². The Balaban J connectivity index is 4.54. The number of quaternary nitrogens is 1. The van der Waals surface area contributed by atoms with E-state index in [1.165, 1.54) is 0 Å². The third kappa shape index (κ3) is 37.3. The van der Waals surface area contributed by atoms with Crippen LogP contribution in [0.2, 0.25) is 0 Å². The number of carbonyl (C=O) groups excluding carboxylic acids is 2. The summed E-state index contributed by atoms with van der Waals surface area (Å²) in [5.74, 6) is -1.60. The summed E-state index contributed by atoms with van der Waals surface area (Å²) >= 11 is 0. The third-order valence-corrected chi connectivity index (χ3v) is 8.67. The number of rotatable bonds is 36. The number of allylic oxidation sites excluding steroid dienone is 18. The molecule has 320 valence electrons. The number of hydrogen-bond acceptors (Lipinski definition) is 6. The SMILES string of the molecule is CC/C=C/C/C=C/C/C=C/C/C=C/C/C=C/CCCC(=O)OCC(COCCC(C(=O)O)[N+](C)(C)C)OC(=O)CCCCC/C=C/C/C=C/C/C=C/C/C=C/CC. The Kier molecular flexibility index (Phi) is 36.1. The van der Waals surface area contributed by atoms with E-state index in [0.29, 0.717) is 19.3 Å². The number of likely N-dealkylation sites (N-methyl/N-ethyl adjacent to an activating group) is 1. The zero-order chi connectivity index (χ0) is 42.1. The van der Waals surface area contributed by atoms with Gasteiger partial charge in [0.25, 0.3) is 0 Å². The van der Waals surface area contributed by atoms with Crippen molar-refractivity contribution < 1.29 is 38.2 Å². The maximum Gasteiger partial charge on any atom is 0.362 e. The fourth-order valence-electron chi connectivity index (χ4n) is 5.41. The molecule has 0 radical (unpaired) electrons. The average molecular weight is 793 g/mol. The molecule has 0 heterocycles. The highest BCUT2D eigenvalue weighted by atomic mass is 16.6. The zero-order valence-electron chi connectivity index (χ0n) is 36.2. The first-order valence-electron chi connectivity index (χ1n) is 21.4. The van der Waals surface area contributed by atoms with Crippen molar-refractivity contribution in [2.75, 3.05) is 41.0 Å². The molecule has 0 aliphatic rings. The fourth-order valence-corrected chi connectivity index (χ4v) is 5.41. The predicted molar refractivity (Wildman–Crippen MR) is 238 cm³/mol. The summed E-state index contributed by atoms with van der Waals surface area (Å²) in [7, 11) is 5.48. The van der Waals surface area contributed by atoms with Crippen LogP contribution in [-0.2, 0) is 28.6 Å². The lowest BCUT2D eigenvalue weighted by atomic mass is 10.1. The summed E-state index contributed by atoms with van der Waals surface area (Å²) < 4.78 is 17.2. The van der Waals surface area contributed by atoms with Gasteiger partial charge in [0.05, 0.1) is 34.4 Å². The van der Waals surface area contributed by atoms with E-state index < -0.39 is 18.1 Å². The largest absolute Gasteiger partial charge is 0.477 e. The lowest BCUT2D eigenvalue weighted by Crippen LogP contribution is -2.50. The van der Waals surface area contributed by atoms with E-state index in [4.69, 9.17) is 14.2 Å². The van der Waals surface area contributed by atoms with Crippen LogP contribution in [0.1, 0.15) is 129 Å². The molecular weight excluding hydrogens is 715 g/mol. The summed E-state index contributed by atoms with van der Waals surface area (Å²) in [6.45, 7) is 4.38. The minimum Gasteiger partial charge on any atom is -0.477 e. The topological polar surface area (TPSA) is 99.1 Å². The monoisotopic (exact) mass is 793 g/mol. The van der Waals surface area contributed by atoms with Crippen molar-refractivity contribution in [2.45, 2.75) is 142 Å². The molecule has 0 saturated carbocycles. The van der Waals surface area contributed by atoms with E-state index in [2.05, 4.69) is 123 Å². The Bertz CT molecular complexity index is 1290. The molecule has 1 N–H and O–H groups in total. The van der Waals surface area contributed by atoms with Crippen LogP contribution < -0.4 is 0 Å². The smallest absolute Gasteiger partial charge is 0.362 e. The first kappa shape index (κ1) is 53.0. The van der Waals surface area contributed by atoms with E-state index >= 15 is 0 Å². The summed E-state index contributed by atoms with van der Waals surface area (Å²) in [4.78, 5) is 36.9. The highest BCUT2D eigenvalue weighted by molar-refractivity contribution is 5.72. The number of carbonyl (C=O) groups is 3. The zero-order valence-corrected chi connectivity index (χ0v) is 36.2. The number of hydrogen-bond donors (Lipinski definition) is 1. The number of unbranched alkanes of at least 4 members (excludes halogenated alkanes) is 4. The van der Waals surface area contributed by atoms with Gasteiger partial charge in [-0.3, -0.25) is 9.59 Å². The molecule has 2 atom stereocenters. The molecule has 8 nitrogen and oxygen atoms in total. The van der Waals surface area contributed by atoms with Gasteiger partial charge in [0.2, 0.25) is 0 Å². The van der Waals surface area contributed by atoms with Gasteiger partial charge in [-0.05, 0) is 89.9 Å². The Hall–Kier alpha value is -4.01. The van der Waals surface area contributed by atoms with Crippen LogP contribution in [0.4, 0.5) is 0 Å². The van der Waals surface area contributed by atoms with Crippen LogP contribution in [0.25, 0.3) is 0 Å². The first-order chi connectivity index (χ1) is 27.6. The minimum absolute atomic E-state index is 0.0222. The molecule has 0 rings (SSSR count). The Morgan fingerprint density at radius 1 is 0.526 bits per heavy atom. The molecular formula is C49H78NO7+. The molecule has 8 heteroatoms. The van der Waals surface area contributed by atoms with Crippen molar-refractivity contribution in [1.82, 2.24) is 0 Å². The molecule has 0 aromatic heterocycles. The molecule has 57 heavy (non-hydrogen) atoms. The van der Waals surface area contributed by atoms with Gasteiger partial charge in [0.1, 0.15) is 6.61 Å². The van der Waals surface area contributed by atoms with Crippen molar-refractivity contribution in [3.05, 3.63) is 109 Å². The second-order valence-corrected chi connectivity index (χ2v) is 14.8. The van der Waals surface area contributed by atoms with E-state index in [-0.39, 0.29) is 49.1 Å². The number of esters is 2. The second kappa shape index (κ2) is 38.8. The van der Waals surface area contributed by atoms with E-state index in [1.54, 1.807) is 0 Å². The summed E-state index contributed by atoms with van der Waals surface area (Å²) in [6.07, 6.45) is 52.8. The Labute approximate surface area is 347 Å². The number of carboxylic acids is 1. The van der Waals surface area contributed by atoms with Gasteiger partial charge in [-0.2, -0.15) is 0 Å². The van der Waals surface area contributed by atoms with Gasteiger partial charge in [-0.15, -0.1) is 0 Å². The summed E-state index contributed by atoms with van der Waals surface area (Å²) in [5.41, 5.74) is 0. The third-order valence-electron chi connectivity index (χ3n) is 8.67. The number of nitrogens with zero attached hydrogens (tertiary/aromatic N) is 1. The van der Waals surface area contributed by atoms with Crippen molar-refractivity contribution in [3.8, 4) is 0 Å². The van der Waals surface area contributed by atoms with Crippen LogP contribution in [0.3, 0.4) is 0 Å². The molecule has 0 spiro atoms. The van der Waals surface area contributed by atoms with Gasteiger partial charge >= 0.3 is 17.9 Å². The molecule has 0 saturated heterocycles. The van der Waals surface area contributed by atoms with E-state index in [9.17, 15) is 19.5 Å². The molecule has 0 aliphatic carbocycles. The Morgan fingerprint density at radius 3 is 1.39 bits per heavy atom. The minimum atomic E-state index is -0.894. The lowest BCUT2D eigenvalue weighted by molar-refractivity contribution is -0.887. The standard InChI is InChI=1S/C49H77NO7/c1-6-8-10-12-14-16-18-20-22-24-26-27-29-31-33-35-37-39-47(51)56-44-45(43-55-42-41-46(49(53)54)50(3,4)5)57-48(52)40-38-36-34-32-30-28-25-23-21-19-17-15-13-11-9-7-2/h8-11,14-17,20-23,26-28,30-31,33,45-46H,6-7,12-13,18-19,24-25,29,32,34-44H2,1-5H3/p+1/b10-8+,11-9+,16-14+,17-15+,22-20+,23-21+,27-26+,30-28+,33-31+. The average Bonchev–Trinajstić information content (AvgIpc) is 3.17. The number of carboxylic acid groups (broad SMARTS) is 1. The van der Waals surface area contributed by atoms with Gasteiger partial charge in [0, 0.05) is 19.3 Å². The second-order valence-electron chi connectivity index (χ2n) is 14.8. The number of aliphatic carboxylic acids is 1. The highest BCUT2D eigenvalue weighted by Gasteiger charge is 2.31. The van der Waals surface area contributed by atoms with Gasteiger partial charge in [0.15, 0.2) is 12.1 Å². The molecule has 0 amide bonds. The molecule has 2 unspecified atom stereocenters. The Morgan fingerprint density at radius 2 is 0.947 bits per heavy atom. The van der Waals surface area contributed by atoms with Crippen molar-refractivity contribution in [3.63, 3.8) is 0 Å². The molecule has 0 aromatic rings. The van der Waals surface area contributed by atoms with Crippen molar-refractivity contribution >= 4 is 17.9 Å². The van der Waals surface area contributed by atoms with E-state index in [0.717, 1.165) is 83.5 Å². The normalized spacial score (nSPS) is 14.1. The molecule has 0 bridgehead atoms. The van der Waals surface area contributed by atoms with Gasteiger partial charge in [-0.1, -0.05) is 130 Å². The molecule has 0 aromatic carbocycles. The fraction of sp³-hybridized carbons (Fsp3) is 0.571. The predicted octanol–water partition coefficient (Wildman–Crippen LogP) is 11.7. The van der Waals surface area contributed by atoms with Crippen LogP contribution in [-0.4, -0.2) is 80.6 Å². The van der Waals surface area contributed by atoms with Crippen molar-refractivity contribution in [1.29, 1.82) is 0 Å². The molecule has 0 fully saturated rings. The van der Waals surface area contributed by atoms with Crippen molar-refractivity contribution in [2.24, 2.45) is 0 Å². The first-order valence-corrected chi connectivity index (χ1v) is 21.4. The maximum atomic E-state index is 12.7. The van der Waals surface area contributed by atoms with Crippen LogP contribution in [0, 0.1) is 0 Å². The number of ether oxygens (including phenoxy) is 3. The quantitative estimate of drug-likeness (QED) is 0.0292. The van der Waals surface area contributed by atoms with Gasteiger partial charge in [-0.25, -0.2) is 4.79 Å². The maximum absolute atomic E-state index is 12.7. The van der Waals surface area contributed by atoms with Crippen LogP contribution in [0.5, 0.6) is 0 Å². The molecule has 0 aliphatic heterocycles. The van der Waals surface area contributed by atoms with Gasteiger partial charge < -0.3 is 23.8 Å². The summed E-state index contributed by atoms with van der Waals surface area (Å²) in [5, 5.41) is 9.61. The van der Waals surface area contributed by atoms with Crippen LogP contribution in [0.15, 0.2) is 109 Å². The highest BCUT2D eigenvalue weighted by Crippen LogP contribution is 2.11. The lowest BCUT2D eigenvalue weighted by Gasteiger charge is -2.31. The summed E-state index contributed by atoms with van der Waals surface area (Å²) in [6, 6.07) is -0.636.